The van der Waals surface area contributed by atoms with Crippen molar-refractivity contribution in [1.29, 1.82) is 0 Å². The minimum atomic E-state index is -0.260. The van der Waals surface area contributed by atoms with Crippen molar-refractivity contribution in [2.45, 2.75) is 13.8 Å². The molecule has 7 heteroatoms. The van der Waals surface area contributed by atoms with Crippen LogP contribution in [0.3, 0.4) is 0 Å². The summed E-state index contributed by atoms with van der Waals surface area (Å²) in [6.45, 7) is 3.75. The first-order chi connectivity index (χ1) is 10.1. The second kappa shape index (κ2) is 5.10. The first-order valence-electron chi connectivity index (χ1n) is 6.31. The molecular weight excluding hydrogens is 286 g/mol. The van der Waals surface area contributed by atoms with E-state index in [2.05, 4.69) is 20.5 Å². The Balaban J connectivity index is 1.95. The topological polar surface area (TPSA) is 93.8 Å². The predicted molar refractivity (Wildman–Crippen MR) is 83.5 cm³/mol. The molecule has 0 unspecified atom stereocenters. The van der Waals surface area contributed by atoms with Gasteiger partial charge in [0.15, 0.2) is 0 Å². The molecule has 3 aromatic heterocycles. The number of nitrogens with one attached hydrogen (secondary N) is 1. The number of carbonyl (C=O) groups excluding carboxylic acids is 1. The van der Waals surface area contributed by atoms with Crippen molar-refractivity contribution >= 4 is 38.8 Å². The number of fused-ring (bicyclic) bond motifs is 1. The van der Waals surface area contributed by atoms with Crippen molar-refractivity contribution in [2.24, 2.45) is 0 Å². The van der Waals surface area contributed by atoms with Crippen LogP contribution in [0.25, 0.3) is 10.2 Å². The molecule has 0 radical (unpaired) electrons. The van der Waals surface area contributed by atoms with E-state index in [0.29, 0.717) is 21.1 Å². The van der Waals surface area contributed by atoms with Gasteiger partial charge in [0.2, 0.25) is 0 Å². The van der Waals surface area contributed by atoms with Gasteiger partial charge in [0.05, 0.1) is 23.3 Å². The number of nitrogens with zero attached hydrogens (tertiary/aromatic N) is 3. The maximum absolute atomic E-state index is 12.4. The van der Waals surface area contributed by atoms with E-state index in [4.69, 9.17) is 5.73 Å². The van der Waals surface area contributed by atoms with Crippen LogP contribution in [0.15, 0.2) is 24.4 Å². The molecule has 6 nitrogen and oxygen atoms in total. The average molecular weight is 299 g/mol. The number of nitrogen functional groups attached to an aromatic ring is 1. The molecule has 0 aliphatic rings. The van der Waals surface area contributed by atoms with E-state index in [-0.39, 0.29) is 5.91 Å². The summed E-state index contributed by atoms with van der Waals surface area (Å²) in [5.41, 5.74) is 8.80. The highest BCUT2D eigenvalue weighted by atomic mass is 32.1. The molecule has 0 atom stereocenters. The lowest BCUT2D eigenvalue weighted by Gasteiger charge is -2.07. The number of pyridine rings is 1. The molecule has 0 aliphatic carbocycles. The average Bonchev–Trinajstić information content (AvgIpc) is 2.80. The molecule has 3 aromatic rings. The van der Waals surface area contributed by atoms with Crippen LogP contribution in [0.2, 0.25) is 0 Å². The molecular formula is C14H13N5OS. The van der Waals surface area contributed by atoms with Crippen molar-refractivity contribution in [2.75, 3.05) is 11.1 Å². The Bertz CT molecular complexity index is 842. The summed E-state index contributed by atoms with van der Waals surface area (Å²) in [6, 6.07) is 5.44. The number of thiophene rings is 1. The number of aryl methyl sites for hydroxylation is 2. The second-order valence-corrected chi connectivity index (χ2v) is 5.63. The van der Waals surface area contributed by atoms with Gasteiger partial charge in [0, 0.05) is 11.1 Å². The van der Waals surface area contributed by atoms with Crippen LogP contribution in [0, 0.1) is 13.8 Å². The third-order valence-corrected chi connectivity index (χ3v) is 4.20. The van der Waals surface area contributed by atoms with Gasteiger partial charge < -0.3 is 11.1 Å². The van der Waals surface area contributed by atoms with Gasteiger partial charge in [0.1, 0.15) is 9.71 Å². The molecule has 3 N–H and O–H groups in total. The summed E-state index contributed by atoms with van der Waals surface area (Å²) in [4.78, 5) is 17.8. The number of hydrogen-bond acceptors (Lipinski definition) is 6. The maximum atomic E-state index is 12.4. The van der Waals surface area contributed by atoms with Gasteiger partial charge in [-0.2, -0.15) is 5.10 Å². The molecule has 0 saturated heterocycles. The molecule has 0 fully saturated rings. The lowest BCUT2D eigenvalue weighted by molar-refractivity contribution is 0.103. The molecule has 0 aromatic carbocycles. The van der Waals surface area contributed by atoms with Crippen molar-refractivity contribution in [3.8, 4) is 0 Å². The maximum Gasteiger partial charge on any atom is 0.268 e. The van der Waals surface area contributed by atoms with Gasteiger partial charge in [-0.25, -0.2) is 0 Å². The van der Waals surface area contributed by atoms with Gasteiger partial charge in [-0.15, -0.1) is 16.4 Å². The minimum absolute atomic E-state index is 0.260. The van der Waals surface area contributed by atoms with Crippen LogP contribution in [-0.2, 0) is 0 Å². The largest absolute Gasteiger partial charge is 0.397 e. The number of hydrogen-bond donors (Lipinski definition) is 2. The fourth-order valence-electron chi connectivity index (χ4n) is 2.04. The highest BCUT2D eigenvalue weighted by Gasteiger charge is 2.18. The first kappa shape index (κ1) is 13.4. The van der Waals surface area contributed by atoms with Gasteiger partial charge in [-0.1, -0.05) is 0 Å². The van der Waals surface area contributed by atoms with E-state index in [0.717, 1.165) is 16.8 Å². The van der Waals surface area contributed by atoms with Crippen molar-refractivity contribution < 1.29 is 4.79 Å². The van der Waals surface area contributed by atoms with Crippen LogP contribution in [0.1, 0.15) is 21.1 Å². The molecule has 0 saturated carbocycles. The number of aromatic nitrogens is 3. The first-order valence-corrected chi connectivity index (χ1v) is 7.13. The SMILES string of the molecule is Cc1ccc(NC(=O)c2sc3nnccc3c2N)c(C)n1. The van der Waals surface area contributed by atoms with Gasteiger partial charge in [-0.05, 0) is 32.0 Å². The van der Waals surface area contributed by atoms with Crippen LogP contribution < -0.4 is 11.1 Å². The Kier molecular flexibility index (Phi) is 3.26. The van der Waals surface area contributed by atoms with Gasteiger partial charge in [-0.3, -0.25) is 9.78 Å². The smallest absolute Gasteiger partial charge is 0.268 e. The molecule has 3 heterocycles. The number of carbonyl (C=O) groups is 1. The van der Waals surface area contributed by atoms with E-state index in [1.165, 1.54) is 11.3 Å². The van der Waals surface area contributed by atoms with Gasteiger partial charge >= 0.3 is 0 Å². The number of nitrogens with two attached hydrogens (primary N) is 1. The fraction of sp³-hybridized carbons (Fsp3) is 0.143. The summed E-state index contributed by atoms with van der Waals surface area (Å²) in [5.74, 6) is -0.260. The Morgan fingerprint density at radius 1 is 1.29 bits per heavy atom. The second-order valence-electron chi connectivity index (χ2n) is 4.63. The van der Waals surface area contributed by atoms with Crippen LogP contribution in [-0.4, -0.2) is 21.1 Å². The van der Waals surface area contributed by atoms with Crippen LogP contribution in [0.4, 0.5) is 11.4 Å². The molecule has 106 valence electrons. The molecule has 1 amide bonds. The van der Waals surface area contributed by atoms with Crippen LogP contribution in [0.5, 0.6) is 0 Å². The summed E-state index contributed by atoms with van der Waals surface area (Å²) in [7, 11) is 0. The molecule has 0 aliphatic heterocycles. The summed E-state index contributed by atoms with van der Waals surface area (Å²) < 4.78 is 0. The minimum Gasteiger partial charge on any atom is -0.397 e. The molecule has 21 heavy (non-hydrogen) atoms. The third kappa shape index (κ3) is 2.43. The fourth-order valence-corrected chi connectivity index (χ4v) is 2.97. The zero-order valence-corrected chi connectivity index (χ0v) is 12.4. The van der Waals surface area contributed by atoms with E-state index < -0.39 is 0 Å². The Morgan fingerprint density at radius 2 is 2.10 bits per heavy atom. The van der Waals surface area contributed by atoms with Crippen molar-refractivity contribution in [3.63, 3.8) is 0 Å². The Morgan fingerprint density at radius 3 is 2.81 bits per heavy atom. The quantitative estimate of drug-likeness (QED) is 0.758. The zero-order valence-electron chi connectivity index (χ0n) is 11.5. The lowest BCUT2D eigenvalue weighted by Crippen LogP contribution is -2.13. The van der Waals surface area contributed by atoms with Crippen molar-refractivity contribution in [3.05, 3.63) is 40.7 Å². The van der Waals surface area contributed by atoms with Gasteiger partial charge in [0.25, 0.3) is 5.91 Å². The summed E-state index contributed by atoms with van der Waals surface area (Å²) >= 11 is 1.23. The number of rotatable bonds is 2. The van der Waals surface area contributed by atoms with E-state index in [9.17, 15) is 4.79 Å². The van der Waals surface area contributed by atoms with E-state index in [1.807, 2.05) is 26.0 Å². The number of amides is 1. The lowest BCUT2D eigenvalue weighted by atomic mass is 10.2. The predicted octanol–water partition coefficient (Wildman–Crippen LogP) is 2.54. The van der Waals surface area contributed by atoms with Crippen LogP contribution >= 0.6 is 11.3 Å². The normalized spacial score (nSPS) is 10.8. The monoisotopic (exact) mass is 299 g/mol. The third-order valence-electron chi connectivity index (χ3n) is 3.10. The van der Waals surface area contributed by atoms with Crippen molar-refractivity contribution in [1.82, 2.24) is 15.2 Å². The highest BCUT2D eigenvalue weighted by molar-refractivity contribution is 7.21. The van der Waals surface area contributed by atoms with E-state index >= 15 is 0 Å². The summed E-state index contributed by atoms with van der Waals surface area (Å²) in [5, 5.41) is 11.4. The van der Waals surface area contributed by atoms with E-state index in [1.54, 1.807) is 12.3 Å². The molecule has 3 rings (SSSR count). The standard InChI is InChI=1S/C14H13N5OS/c1-7-3-4-10(8(2)17-7)18-13(20)12-11(15)9-5-6-16-19-14(9)21-12/h3-6H,15H2,1-2H3,(H,18,20). The summed E-state index contributed by atoms with van der Waals surface area (Å²) in [6.07, 6.45) is 1.56. The molecule has 0 bridgehead atoms. The zero-order chi connectivity index (χ0) is 15.0. The molecule has 0 spiro atoms. The number of anilines is 2. The highest BCUT2D eigenvalue weighted by Crippen LogP contribution is 2.32. The Labute approximate surface area is 125 Å². The Hall–Kier alpha value is -2.54.